The minimum absolute atomic E-state index is 0.0213. The summed E-state index contributed by atoms with van der Waals surface area (Å²) in [6, 6.07) is 7.38. The van der Waals surface area contributed by atoms with Gasteiger partial charge in [0.2, 0.25) is 5.91 Å². The standard InChI is InChI=1S/C20H26N2O3/c1-3-13(4-2)18-11-14(25-22-18)12-21-20(24)17-9-5-8-16-15(17)7-6-10-19(16)23/h6-7,10-11,13,17,23H,3-5,8-9,12H2,1-2H3,(H,21,24). The maximum absolute atomic E-state index is 12.6. The molecule has 2 N–H and O–H groups in total. The molecule has 3 rings (SSSR count). The molecule has 25 heavy (non-hydrogen) atoms. The van der Waals surface area contributed by atoms with Crippen molar-refractivity contribution in [2.45, 2.75) is 64.3 Å². The first-order chi connectivity index (χ1) is 12.1. The van der Waals surface area contributed by atoms with Crippen LogP contribution in [0.1, 0.15) is 73.9 Å². The third kappa shape index (κ3) is 3.70. The lowest BCUT2D eigenvalue weighted by molar-refractivity contribution is -0.123. The van der Waals surface area contributed by atoms with Crippen LogP contribution in [-0.2, 0) is 17.8 Å². The summed E-state index contributed by atoms with van der Waals surface area (Å²) in [5.74, 6) is 1.15. The van der Waals surface area contributed by atoms with E-state index in [4.69, 9.17) is 4.52 Å². The van der Waals surface area contributed by atoms with Gasteiger partial charge in [0.1, 0.15) is 5.75 Å². The topological polar surface area (TPSA) is 75.4 Å². The molecule has 5 nitrogen and oxygen atoms in total. The Hall–Kier alpha value is -2.30. The van der Waals surface area contributed by atoms with Gasteiger partial charge < -0.3 is 14.9 Å². The van der Waals surface area contributed by atoms with E-state index in [1.54, 1.807) is 12.1 Å². The Morgan fingerprint density at radius 1 is 1.40 bits per heavy atom. The lowest BCUT2D eigenvalue weighted by Crippen LogP contribution is -2.31. The minimum Gasteiger partial charge on any atom is -0.508 e. The first-order valence-corrected chi connectivity index (χ1v) is 9.18. The molecule has 0 aliphatic heterocycles. The predicted octanol–water partition coefficient (Wildman–Crippen LogP) is 4.02. The summed E-state index contributed by atoms with van der Waals surface area (Å²) in [4.78, 5) is 12.6. The number of carbonyl (C=O) groups is 1. The summed E-state index contributed by atoms with van der Waals surface area (Å²) in [7, 11) is 0. The van der Waals surface area contributed by atoms with Crippen molar-refractivity contribution in [2.75, 3.05) is 0 Å². The van der Waals surface area contributed by atoms with E-state index in [1.807, 2.05) is 12.1 Å². The highest BCUT2D eigenvalue weighted by Crippen LogP contribution is 2.36. The van der Waals surface area contributed by atoms with E-state index in [0.29, 0.717) is 24.0 Å². The number of aromatic nitrogens is 1. The van der Waals surface area contributed by atoms with Crippen molar-refractivity contribution >= 4 is 5.91 Å². The summed E-state index contributed by atoms with van der Waals surface area (Å²) in [6.45, 7) is 4.62. The number of nitrogens with one attached hydrogen (secondary N) is 1. The zero-order valence-electron chi connectivity index (χ0n) is 14.9. The van der Waals surface area contributed by atoms with Crippen LogP contribution < -0.4 is 5.32 Å². The van der Waals surface area contributed by atoms with Crippen LogP contribution in [0.4, 0.5) is 0 Å². The van der Waals surface area contributed by atoms with Gasteiger partial charge >= 0.3 is 0 Å². The molecule has 134 valence electrons. The second kappa shape index (κ2) is 7.72. The number of hydrogen-bond donors (Lipinski definition) is 2. The van der Waals surface area contributed by atoms with Crippen molar-refractivity contribution in [3.8, 4) is 5.75 Å². The second-order valence-electron chi connectivity index (χ2n) is 6.74. The van der Waals surface area contributed by atoms with Crippen LogP contribution in [-0.4, -0.2) is 16.2 Å². The molecule has 2 aromatic rings. The number of hydrogen-bond acceptors (Lipinski definition) is 4. The highest BCUT2D eigenvalue weighted by Gasteiger charge is 2.28. The van der Waals surface area contributed by atoms with Gasteiger partial charge in [-0.2, -0.15) is 0 Å². The van der Waals surface area contributed by atoms with E-state index in [2.05, 4.69) is 24.3 Å². The van der Waals surface area contributed by atoms with Crippen LogP contribution in [0.25, 0.3) is 0 Å². The van der Waals surface area contributed by atoms with Crippen LogP contribution in [0.15, 0.2) is 28.8 Å². The normalized spacial score (nSPS) is 16.7. The molecule has 1 aromatic heterocycles. The SMILES string of the molecule is CCC(CC)c1cc(CNC(=O)C2CCCc3c(O)cccc32)on1. The molecule has 1 aliphatic rings. The Labute approximate surface area is 148 Å². The number of fused-ring (bicyclic) bond motifs is 1. The fourth-order valence-corrected chi connectivity index (χ4v) is 3.71. The summed E-state index contributed by atoms with van der Waals surface area (Å²) >= 11 is 0. The molecule has 0 bridgehead atoms. The predicted molar refractivity (Wildman–Crippen MR) is 95.5 cm³/mol. The quantitative estimate of drug-likeness (QED) is 0.831. The Morgan fingerprint density at radius 2 is 2.20 bits per heavy atom. The number of amides is 1. The largest absolute Gasteiger partial charge is 0.508 e. The molecule has 0 saturated carbocycles. The van der Waals surface area contributed by atoms with Gasteiger partial charge in [-0.05, 0) is 49.3 Å². The van der Waals surface area contributed by atoms with Gasteiger partial charge in [-0.3, -0.25) is 4.79 Å². The molecule has 0 saturated heterocycles. The molecule has 0 spiro atoms. The van der Waals surface area contributed by atoms with Crippen LogP contribution in [0.5, 0.6) is 5.75 Å². The second-order valence-corrected chi connectivity index (χ2v) is 6.74. The summed E-state index contributed by atoms with van der Waals surface area (Å²) in [6.07, 6.45) is 4.59. The molecule has 5 heteroatoms. The first-order valence-electron chi connectivity index (χ1n) is 9.18. The first kappa shape index (κ1) is 17.5. The molecule has 0 radical (unpaired) electrons. The van der Waals surface area contributed by atoms with Crippen molar-refractivity contribution in [1.82, 2.24) is 10.5 Å². The molecule has 1 unspecified atom stereocenters. The molecule has 1 atom stereocenters. The van der Waals surface area contributed by atoms with E-state index in [-0.39, 0.29) is 11.8 Å². The molecular weight excluding hydrogens is 316 g/mol. The van der Waals surface area contributed by atoms with E-state index < -0.39 is 0 Å². The molecule has 0 fully saturated rings. The van der Waals surface area contributed by atoms with Gasteiger partial charge in [0.15, 0.2) is 5.76 Å². The van der Waals surface area contributed by atoms with Crippen LogP contribution in [0.2, 0.25) is 0 Å². The highest BCUT2D eigenvalue weighted by atomic mass is 16.5. The van der Waals surface area contributed by atoms with Crippen molar-refractivity contribution in [1.29, 1.82) is 0 Å². The molecule has 1 amide bonds. The smallest absolute Gasteiger partial charge is 0.227 e. The highest BCUT2D eigenvalue weighted by molar-refractivity contribution is 5.84. The van der Waals surface area contributed by atoms with E-state index in [9.17, 15) is 9.90 Å². The Morgan fingerprint density at radius 3 is 2.96 bits per heavy atom. The van der Waals surface area contributed by atoms with E-state index >= 15 is 0 Å². The maximum atomic E-state index is 12.6. The average Bonchev–Trinajstić information content (AvgIpc) is 3.09. The van der Waals surface area contributed by atoms with Crippen molar-refractivity contribution in [3.05, 3.63) is 46.8 Å². The van der Waals surface area contributed by atoms with Gasteiger partial charge in [0, 0.05) is 12.0 Å². The summed E-state index contributed by atoms with van der Waals surface area (Å²) < 4.78 is 5.37. The fourth-order valence-electron chi connectivity index (χ4n) is 3.71. The molecule has 1 aromatic carbocycles. The number of benzene rings is 1. The van der Waals surface area contributed by atoms with Crippen LogP contribution in [0.3, 0.4) is 0 Å². The number of aromatic hydroxyl groups is 1. The van der Waals surface area contributed by atoms with Crippen molar-refractivity contribution in [3.63, 3.8) is 0 Å². The van der Waals surface area contributed by atoms with Gasteiger partial charge in [-0.15, -0.1) is 0 Å². The Balaban J connectivity index is 1.65. The zero-order valence-corrected chi connectivity index (χ0v) is 14.9. The number of nitrogens with zero attached hydrogens (tertiary/aromatic N) is 1. The Kier molecular flexibility index (Phi) is 5.41. The number of carbonyl (C=O) groups excluding carboxylic acids is 1. The van der Waals surface area contributed by atoms with Crippen LogP contribution in [0, 0.1) is 0 Å². The minimum atomic E-state index is -0.211. The number of phenols is 1. The number of phenolic OH excluding ortho intramolecular Hbond substituents is 1. The average molecular weight is 342 g/mol. The third-order valence-electron chi connectivity index (χ3n) is 5.22. The fraction of sp³-hybridized carbons (Fsp3) is 0.500. The third-order valence-corrected chi connectivity index (χ3v) is 5.22. The monoisotopic (exact) mass is 342 g/mol. The van der Waals surface area contributed by atoms with Crippen molar-refractivity contribution in [2.24, 2.45) is 0 Å². The molecule has 1 heterocycles. The van der Waals surface area contributed by atoms with Crippen molar-refractivity contribution < 1.29 is 14.4 Å². The lowest BCUT2D eigenvalue weighted by atomic mass is 9.82. The summed E-state index contributed by atoms with van der Waals surface area (Å²) in [5.41, 5.74) is 2.81. The van der Waals surface area contributed by atoms with Gasteiger partial charge in [0.05, 0.1) is 18.2 Å². The molecule has 1 aliphatic carbocycles. The van der Waals surface area contributed by atoms with Gasteiger partial charge in [-0.1, -0.05) is 31.1 Å². The van der Waals surface area contributed by atoms with E-state index in [0.717, 1.165) is 48.9 Å². The maximum Gasteiger partial charge on any atom is 0.227 e. The Bertz CT molecular complexity index is 734. The van der Waals surface area contributed by atoms with Gasteiger partial charge in [0.25, 0.3) is 0 Å². The van der Waals surface area contributed by atoms with Crippen LogP contribution >= 0.6 is 0 Å². The van der Waals surface area contributed by atoms with Gasteiger partial charge in [-0.25, -0.2) is 0 Å². The zero-order chi connectivity index (χ0) is 17.8. The van der Waals surface area contributed by atoms with E-state index in [1.165, 1.54) is 0 Å². The molecular formula is C20H26N2O3. The summed E-state index contributed by atoms with van der Waals surface area (Å²) in [5, 5.41) is 17.1. The number of rotatable bonds is 6. The lowest BCUT2D eigenvalue weighted by Gasteiger charge is -2.25.